The number of amides is 1. The van der Waals surface area contributed by atoms with Gasteiger partial charge in [-0.3, -0.25) is 4.79 Å². The smallest absolute Gasteiger partial charge is 0.232 e. The Labute approximate surface area is 173 Å². The molecule has 0 bridgehead atoms. The van der Waals surface area contributed by atoms with E-state index in [1.54, 1.807) is 6.92 Å². The van der Waals surface area contributed by atoms with E-state index in [-0.39, 0.29) is 15.9 Å². The molecule has 3 aliphatic heterocycles. The maximum atomic E-state index is 12.4. The summed E-state index contributed by atoms with van der Waals surface area (Å²) in [5, 5.41) is 21.4. The van der Waals surface area contributed by atoms with Crippen molar-refractivity contribution in [1.82, 2.24) is 4.90 Å². The van der Waals surface area contributed by atoms with E-state index in [2.05, 4.69) is 13.1 Å². The van der Waals surface area contributed by atoms with Gasteiger partial charge in [0.2, 0.25) is 5.91 Å². The Hall–Kier alpha value is -1.22. The Morgan fingerprint density at radius 1 is 1.39 bits per heavy atom. The molecule has 6 nitrogen and oxygen atoms in total. The van der Waals surface area contributed by atoms with Gasteiger partial charge in [-0.1, -0.05) is 18.2 Å². The number of hydrogen-bond donors (Lipinski definition) is 1. The van der Waals surface area contributed by atoms with Crippen LogP contribution in [0.2, 0.25) is 0 Å². The molecular formula is C20H26N2O4S2. The number of nitrogens with zero attached hydrogens (tertiary/aromatic N) is 2. The summed E-state index contributed by atoms with van der Waals surface area (Å²) in [5.74, 6) is -2.03. The Morgan fingerprint density at radius 2 is 2.07 bits per heavy atom. The molecule has 3 saturated heterocycles. The van der Waals surface area contributed by atoms with Gasteiger partial charge in [-0.25, -0.2) is 0 Å². The van der Waals surface area contributed by atoms with Crippen molar-refractivity contribution in [1.29, 1.82) is 0 Å². The second-order valence-electron chi connectivity index (χ2n) is 8.33. The predicted molar refractivity (Wildman–Crippen MR) is 107 cm³/mol. The van der Waals surface area contributed by atoms with Crippen LogP contribution in [0.15, 0.2) is 29.2 Å². The van der Waals surface area contributed by atoms with E-state index in [1.807, 2.05) is 18.2 Å². The number of aliphatic hydroxyl groups excluding tert-OH is 1. The number of aliphatic carboxylic acids is 1. The fourth-order valence-electron chi connectivity index (χ4n) is 4.60. The zero-order chi connectivity index (χ0) is 20.1. The van der Waals surface area contributed by atoms with Crippen LogP contribution in [0.1, 0.15) is 25.3 Å². The molecule has 0 saturated carbocycles. The lowest BCUT2D eigenvalue weighted by molar-refractivity contribution is -0.911. The van der Waals surface area contributed by atoms with Crippen molar-refractivity contribution in [2.24, 2.45) is 5.92 Å². The van der Waals surface area contributed by atoms with Gasteiger partial charge in [0.25, 0.3) is 0 Å². The van der Waals surface area contributed by atoms with Gasteiger partial charge < -0.3 is 24.4 Å². The molecule has 4 rings (SSSR count). The van der Waals surface area contributed by atoms with Gasteiger partial charge in [-0.2, -0.15) is 0 Å². The lowest BCUT2D eigenvalue weighted by atomic mass is 9.91. The molecule has 28 heavy (non-hydrogen) atoms. The minimum absolute atomic E-state index is 0.284. The Morgan fingerprint density at radius 3 is 2.71 bits per heavy atom. The number of β-lactam (4-membered cyclic amide) rings is 1. The van der Waals surface area contributed by atoms with E-state index in [9.17, 15) is 19.8 Å². The molecule has 3 fully saturated rings. The highest BCUT2D eigenvalue weighted by molar-refractivity contribution is 8.17. The van der Waals surface area contributed by atoms with Crippen molar-refractivity contribution >= 4 is 35.4 Å². The van der Waals surface area contributed by atoms with Crippen LogP contribution >= 0.6 is 23.5 Å². The maximum absolute atomic E-state index is 12.4. The number of carboxylic acids is 1. The number of likely N-dealkylation sites (tertiary alicyclic amines) is 1. The number of aliphatic hydroxyl groups is 1. The Bertz CT molecular complexity index is 781. The summed E-state index contributed by atoms with van der Waals surface area (Å²) in [6.45, 7) is 4.85. The molecular weight excluding hydrogens is 396 g/mol. The number of thioether (sulfide) groups is 2. The number of quaternary nitrogens is 1. The number of carboxylic acid groups (broad SMARTS) is 1. The number of hydrogen-bond acceptors (Lipinski definition) is 6. The molecule has 0 aliphatic carbocycles. The molecule has 2 unspecified atom stereocenters. The van der Waals surface area contributed by atoms with Gasteiger partial charge in [0.1, 0.15) is 6.54 Å². The van der Waals surface area contributed by atoms with Crippen LogP contribution in [0.5, 0.6) is 0 Å². The number of rotatable bonds is 6. The molecule has 1 aromatic rings. The Kier molecular flexibility index (Phi) is 5.41. The minimum Gasteiger partial charge on any atom is -0.548 e. The van der Waals surface area contributed by atoms with Gasteiger partial charge >= 0.3 is 0 Å². The third-order valence-corrected chi connectivity index (χ3v) is 9.22. The van der Waals surface area contributed by atoms with E-state index >= 15 is 0 Å². The minimum atomic E-state index is -1.22. The number of carbonyl (C=O) groups excluding carboxylic acids is 2. The molecule has 0 spiro atoms. The third-order valence-electron chi connectivity index (χ3n) is 6.13. The van der Waals surface area contributed by atoms with Gasteiger partial charge in [-0.15, -0.1) is 23.5 Å². The highest BCUT2D eigenvalue weighted by atomic mass is 32.2. The van der Waals surface area contributed by atoms with Crippen LogP contribution in [0.3, 0.4) is 0 Å². The Balaban J connectivity index is 1.55. The molecule has 8 heteroatoms. The van der Waals surface area contributed by atoms with E-state index in [0.29, 0.717) is 0 Å². The fourth-order valence-corrected chi connectivity index (χ4v) is 8.09. The molecule has 5 atom stereocenters. The maximum Gasteiger partial charge on any atom is 0.232 e. The molecule has 0 radical (unpaired) electrons. The van der Waals surface area contributed by atoms with Crippen molar-refractivity contribution in [3.05, 3.63) is 29.8 Å². The largest absolute Gasteiger partial charge is 0.548 e. The van der Waals surface area contributed by atoms with Gasteiger partial charge in [-0.05, 0) is 13.0 Å². The molecule has 1 amide bonds. The standard InChI is InChI=1S/C20H26N2O4S2/c1-12(23)15-17(24)21-16(19(25)26)20(28-18(15)21)27-14-8-4-3-7-13(14)11-22(2)9-5-6-10-22/h3-4,7-8,12,15-16,18,20,23H,5-6,9-11H2,1-2H3/t12-,15+,16?,18-,20?/m1/s1. The topological polar surface area (TPSA) is 80.7 Å². The van der Waals surface area contributed by atoms with Crippen LogP contribution < -0.4 is 5.11 Å². The van der Waals surface area contributed by atoms with Gasteiger partial charge in [0.15, 0.2) is 0 Å². The molecule has 0 aromatic heterocycles. The van der Waals surface area contributed by atoms with E-state index in [0.717, 1.165) is 15.9 Å². The molecule has 1 aromatic carbocycles. The summed E-state index contributed by atoms with van der Waals surface area (Å²) in [6, 6.07) is 7.20. The fraction of sp³-hybridized carbons (Fsp3) is 0.600. The molecule has 1 N–H and O–H groups in total. The summed E-state index contributed by atoms with van der Waals surface area (Å²) in [6.07, 6.45) is 1.71. The predicted octanol–water partition coefficient (Wildman–Crippen LogP) is 0.876. The first-order chi connectivity index (χ1) is 13.3. The highest BCUT2D eigenvalue weighted by Crippen LogP contribution is 2.53. The van der Waals surface area contributed by atoms with Crippen molar-refractivity contribution in [2.75, 3.05) is 20.1 Å². The van der Waals surface area contributed by atoms with Crippen LogP contribution in [0, 0.1) is 5.92 Å². The van der Waals surface area contributed by atoms with E-state index in [4.69, 9.17) is 0 Å². The average molecular weight is 423 g/mol. The highest BCUT2D eigenvalue weighted by Gasteiger charge is 2.60. The number of fused-ring (bicyclic) bond motifs is 1. The van der Waals surface area contributed by atoms with Crippen molar-refractivity contribution in [2.45, 2.75) is 53.3 Å². The number of carbonyl (C=O) groups is 2. The summed E-state index contributed by atoms with van der Waals surface area (Å²) in [5.41, 5.74) is 1.22. The lowest BCUT2D eigenvalue weighted by Gasteiger charge is -2.45. The van der Waals surface area contributed by atoms with Crippen LogP contribution in [0.4, 0.5) is 0 Å². The third kappa shape index (κ3) is 3.44. The first kappa shape index (κ1) is 20.1. The van der Waals surface area contributed by atoms with Crippen molar-refractivity contribution in [3.8, 4) is 0 Å². The zero-order valence-electron chi connectivity index (χ0n) is 16.1. The zero-order valence-corrected chi connectivity index (χ0v) is 17.7. The monoisotopic (exact) mass is 422 g/mol. The average Bonchev–Trinajstić information content (AvgIpc) is 3.18. The summed E-state index contributed by atoms with van der Waals surface area (Å²) in [7, 11) is 2.28. The summed E-state index contributed by atoms with van der Waals surface area (Å²) < 4.78 is 0.670. The summed E-state index contributed by atoms with van der Waals surface area (Å²) in [4.78, 5) is 26.7. The van der Waals surface area contributed by atoms with Crippen molar-refractivity contribution < 1.29 is 24.3 Å². The second-order valence-corrected chi connectivity index (χ2v) is 11.1. The number of benzene rings is 1. The van der Waals surface area contributed by atoms with Crippen LogP contribution in [0.25, 0.3) is 0 Å². The van der Waals surface area contributed by atoms with Gasteiger partial charge in [0, 0.05) is 23.3 Å². The quantitative estimate of drug-likeness (QED) is 0.541. The normalized spacial score (nSPS) is 32.1. The van der Waals surface area contributed by atoms with Crippen molar-refractivity contribution in [3.63, 3.8) is 0 Å². The van der Waals surface area contributed by atoms with Gasteiger partial charge in [0.05, 0.1) is 54.1 Å². The SMILES string of the molecule is C[C@@H](O)[C@H]1C(=O)N2C(C(=O)[O-])C(Sc3ccccc3C[N+]3(C)CCCC3)S[C@H]12. The molecule has 3 heterocycles. The molecule has 152 valence electrons. The van der Waals surface area contributed by atoms with Crippen LogP contribution in [-0.4, -0.2) is 68.6 Å². The summed E-state index contributed by atoms with van der Waals surface area (Å²) >= 11 is 2.98. The van der Waals surface area contributed by atoms with E-state index < -0.39 is 24.0 Å². The lowest BCUT2D eigenvalue weighted by Crippen LogP contribution is -2.65. The first-order valence-corrected chi connectivity index (χ1v) is 11.6. The van der Waals surface area contributed by atoms with Crippen LogP contribution in [-0.2, 0) is 16.1 Å². The second kappa shape index (κ2) is 7.55. The first-order valence-electron chi connectivity index (χ1n) is 9.75. The van der Waals surface area contributed by atoms with E-state index in [1.165, 1.54) is 59.9 Å². The molecule has 3 aliphatic rings.